The van der Waals surface area contributed by atoms with Gasteiger partial charge in [0.25, 0.3) is 10.0 Å². The summed E-state index contributed by atoms with van der Waals surface area (Å²) < 4.78 is 29.2. The van der Waals surface area contributed by atoms with Crippen molar-refractivity contribution in [2.45, 2.75) is 44.9 Å². The summed E-state index contributed by atoms with van der Waals surface area (Å²) in [4.78, 5) is 9.46. The van der Waals surface area contributed by atoms with Crippen molar-refractivity contribution in [1.82, 2.24) is 9.97 Å². The largest absolute Gasteiger partial charge is 0.337 e. The number of anilines is 3. The summed E-state index contributed by atoms with van der Waals surface area (Å²) in [6.07, 6.45) is 1.06. The molecule has 0 unspecified atom stereocenters. The highest BCUT2D eigenvalue weighted by Gasteiger charge is 2.21. The zero-order chi connectivity index (χ0) is 23.6. The van der Waals surface area contributed by atoms with E-state index in [9.17, 15) is 8.42 Å². The van der Waals surface area contributed by atoms with Crippen LogP contribution in [0.3, 0.4) is 0 Å². The predicted molar refractivity (Wildman–Crippen MR) is 135 cm³/mol. The Kier molecular flexibility index (Phi) is 6.33. The molecule has 0 fully saturated rings. The number of sulfonamides is 1. The molecule has 0 bridgehead atoms. The third-order valence-corrected chi connectivity index (χ3v) is 7.27. The molecule has 0 aliphatic heterocycles. The van der Waals surface area contributed by atoms with Gasteiger partial charge in [-0.15, -0.1) is 0 Å². The van der Waals surface area contributed by atoms with E-state index in [2.05, 4.69) is 46.0 Å². The molecule has 4 rings (SSSR count). The van der Waals surface area contributed by atoms with Crippen LogP contribution in [0.5, 0.6) is 0 Å². The Labute approximate surface area is 195 Å². The molecule has 0 amide bonds. The Morgan fingerprint density at radius 2 is 1.52 bits per heavy atom. The molecule has 6 nitrogen and oxygen atoms in total. The SMILES string of the molecule is CC[C@H](C)c1ccc(Nc2nc3ccccc3nc2NS(=O)(=O)c2cc(C)ccc2C)cc1. The topological polar surface area (TPSA) is 84.0 Å². The quantitative estimate of drug-likeness (QED) is 0.338. The molecule has 7 heteroatoms. The minimum Gasteiger partial charge on any atom is -0.337 e. The van der Waals surface area contributed by atoms with Crippen LogP contribution in [0.2, 0.25) is 0 Å². The molecule has 0 saturated heterocycles. The number of aromatic nitrogens is 2. The van der Waals surface area contributed by atoms with Gasteiger partial charge in [-0.2, -0.15) is 0 Å². The van der Waals surface area contributed by atoms with Crippen LogP contribution in [0.1, 0.15) is 42.9 Å². The van der Waals surface area contributed by atoms with Crippen LogP contribution >= 0.6 is 0 Å². The van der Waals surface area contributed by atoms with E-state index in [-0.39, 0.29) is 10.7 Å². The molecule has 0 radical (unpaired) electrons. The second kappa shape index (κ2) is 9.19. The second-order valence-corrected chi connectivity index (χ2v) is 9.99. The molecule has 2 N–H and O–H groups in total. The number of nitrogens with one attached hydrogen (secondary N) is 2. The highest BCUT2D eigenvalue weighted by Crippen LogP contribution is 2.29. The number of hydrogen-bond acceptors (Lipinski definition) is 5. The van der Waals surface area contributed by atoms with Gasteiger partial charge in [0, 0.05) is 5.69 Å². The van der Waals surface area contributed by atoms with Crippen molar-refractivity contribution in [3.8, 4) is 0 Å². The number of nitrogens with zero attached hydrogens (tertiary/aromatic N) is 2. The summed E-state index contributed by atoms with van der Waals surface area (Å²) in [6, 6.07) is 20.8. The molecule has 1 heterocycles. The van der Waals surface area contributed by atoms with Crippen LogP contribution in [-0.4, -0.2) is 18.4 Å². The minimum absolute atomic E-state index is 0.153. The monoisotopic (exact) mass is 460 g/mol. The van der Waals surface area contributed by atoms with Gasteiger partial charge in [0.1, 0.15) is 0 Å². The maximum Gasteiger partial charge on any atom is 0.263 e. The van der Waals surface area contributed by atoms with Crippen molar-refractivity contribution >= 4 is 38.4 Å². The molecule has 3 aromatic carbocycles. The molecule has 1 atom stereocenters. The Balaban J connectivity index is 1.74. The van der Waals surface area contributed by atoms with E-state index in [1.54, 1.807) is 19.1 Å². The van der Waals surface area contributed by atoms with Crippen molar-refractivity contribution in [1.29, 1.82) is 0 Å². The van der Waals surface area contributed by atoms with Gasteiger partial charge in [-0.1, -0.05) is 50.2 Å². The van der Waals surface area contributed by atoms with Gasteiger partial charge in [0.15, 0.2) is 11.6 Å². The van der Waals surface area contributed by atoms with Gasteiger partial charge in [0.2, 0.25) is 0 Å². The van der Waals surface area contributed by atoms with Crippen molar-refractivity contribution in [3.63, 3.8) is 0 Å². The Morgan fingerprint density at radius 3 is 2.15 bits per heavy atom. The molecule has 0 spiro atoms. The average Bonchev–Trinajstić information content (AvgIpc) is 2.80. The van der Waals surface area contributed by atoms with Crippen LogP contribution < -0.4 is 10.0 Å². The lowest BCUT2D eigenvalue weighted by Crippen LogP contribution is -2.17. The standard InChI is InChI=1S/C26H28N4O2S/c1-5-18(3)20-12-14-21(15-13-20)27-25-26(29-23-9-7-6-8-22(23)28-25)30-33(31,32)24-16-17(2)10-11-19(24)4/h6-16,18H,5H2,1-4H3,(H,27,28)(H,29,30)/t18-/m0/s1. The molecule has 0 aliphatic carbocycles. The van der Waals surface area contributed by atoms with Crippen LogP contribution in [0, 0.1) is 13.8 Å². The summed E-state index contributed by atoms with van der Waals surface area (Å²) in [5.41, 5.74) is 4.87. The summed E-state index contributed by atoms with van der Waals surface area (Å²) in [6.45, 7) is 8.00. The van der Waals surface area contributed by atoms with Gasteiger partial charge in [-0.25, -0.2) is 18.4 Å². The fourth-order valence-electron chi connectivity index (χ4n) is 3.60. The molecular formula is C26H28N4O2S. The van der Waals surface area contributed by atoms with Gasteiger partial charge in [-0.05, 0) is 73.2 Å². The van der Waals surface area contributed by atoms with E-state index in [0.29, 0.717) is 28.3 Å². The maximum atomic E-state index is 13.3. The van der Waals surface area contributed by atoms with Crippen LogP contribution in [0.4, 0.5) is 17.3 Å². The first-order chi connectivity index (χ1) is 15.8. The van der Waals surface area contributed by atoms with Gasteiger partial charge >= 0.3 is 0 Å². The Morgan fingerprint density at radius 1 is 0.879 bits per heavy atom. The summed E-state index contributed by atoms with van der Waals surface area (Å²) >= 11 is 0. The van der Waals surface area contributed by atoms with E-state index in [4.69, 9.17) is 0 Å². The van der Waals surface area contributed by atoms with Crippen molar-refractivity contribution in [2.75, 3.05) is 10.0 Å². The third-order valence-electron chi connectivity index (χ3n) is 5.79. The van der Waals surface area contributed by atoms with Crippen molar-refractivity contribution in [3.05, 3.63) is 83.4 Å². The number of hydrogen-bond donors (Lipinski definition) is 2. The molecule has 170 valence electrons. The molecule has 0 saturated carbocycles. The first-order valence-electron chi connectivity index (χ1n) is 11.0. The molecular weight excluding hydrogens is 432 g/mol. The highest BCUT2D eigenvalue weighted by molar-refractivity contribution is 7.92. The maximum absolute atomic E-state index is 13.3. The van der Waals surface area contributed by atoms with Crippen LogP contribution in [-0.2, 0) is 10.0 Å². The number of fused-ring (bicyclic) bond motifs is 1. The first kappa shape index (κ1) is 22.7. The molecule has 4 aromatic rings. The zero-order valence-electron chi connectivity index (χ0n) is 19.3. The van der Waals surface area contributed by atoms with Crippen LogP contribution in [0.15, 0.2) is 71.6 Å². The second-order valence-electron chi connectivity index (χ2n) is 8.34. The lowest BCUT2D eigenvalue weighted by atomic mass is 9.99. The van der Waals surface area contributed by atoms with E-state index in [0.717, 1.165) is 17.7 Å². The Bertz CT molecular complexity index is 1400. The lowest BCUT2D eigenvalue weighted by Gasteiger charge is -2.16. The van der Waals surface area contributed by atoms with Crippen molar-refractivity contribution in [2.24, 2.45) is 0 Å². The molecule has 33 heavy (non-hydrogen) atoms. The van der Waals surface area contributed by atoms with Crippen molar-refractivity contribution < 1.29 is 8.42 Å². The first-order valence-corrected chi connectivity index (χ1v) is 12.5. The van der Waals surface area contributed by atoms with Gasteiger partial charge < -0.3 is 5.32 Å². The van der Waals surface area contributed by atoms with E-state index >= 15 is 0 Å². The van der Waals surface area contributed by atoms with Crippen LogP contribution in [0.25, 0.3) is 11.0 Å². The summed E-state index contributed by atoms with van der Waals surface area (Å²) in [5, 5.41) is 3.25. The average molecular weight is 461 g/mol. The normalized spacial score (nSPS) is 12.5. The fraction of sp³-hybridized carbons (Fsp3) is 0.231. The third kappa shape index (κ3) is 4.98. The zero-order valence-corrected chi connectivity index (χ0v) is 20.1. The van der Waals surface area contributed by atoms with Gasteiger partial charge in [-0.3, -0.25) is 4.72 Å². The van der Waals surface area contributed by atoms with E-state index in [1.165, 1.54) is 5.56 Å². The van der Waals surface area contributed by atoms with Gasteiger partial charge in [0.05, 0.1) is 15.9 Å². The smallest absolute Gasteiger partial charge is 0.263 e. The molecule has 1 aromatic heterocycles. The highest BCUT2D eigenvalue weighted by atomic mass is 32.2. The number of aryl methyl sites for hydroxylation is 2. The summed E-state index contributed by atoms with van der Waals surface area (Å²) in [7, 11) is -3.86. The molecule has 0 aliphatic rings. The fourth-order valence-corrected chi connectivity index (χ4v) is 4.94. The number of rotatable bonds is 7. The lowest BCUT2D eigenvalue weighted by molar-refractivity contribution is 0.600. The minimum atomic E-state index is -3.86. The predicted octanol–water partition coefficient (Wildman–Crippen LogP) is 6.30. The van der Waals surface area contributed by atoms with E-state index < -0.39 is 10.0 Å². The number of para-hydroxylation sites is 2. The summed E-state index contributed by atoms with van der Waals surface area (Å²) in [5.74, 6) is 0.971. The Hall–Kier alpha value is -3.45. The number of benzene rings is 3. The van der Waals surface area contributed by atoms with E-state index in [1.807, 2.05) is 49.4 Å².